The van der Waals surface area contributed by atoms with Crippen LogP contribution in [0.25, 0.3) is 0 Å². The van der Waals surface area contributed by atoms with Crippen molar-refractivity contribution >= 4 is 27.5 Å². The summed E-state index contributed by atoms with van der Waals surface area (Å²) in [6.45, 7) is 3.07. The van der Waals surface area contributed by atoms with E-state index in [4.69, 9.17) is 11.6 Å². The maximum Gasteiger partial charge on any atom is 0.0635 e. The van der Waals surface area contributed by atoms with Crippen molar-refractivity contribution in [3.63, 3.8) is 0 Å². The van der Waals surface area contributed by atoms with E-state index in [1.165, 1.54) is 25.0 Å². The standard InChI is InChI=1S/C12H18BrClN2/c1-2-16-12(11(13)8-15-16)9-5-3-4-6-10(14)7-9/h8-10H,2-7H2,1H3. The molecule has 1 aromatic heterocycles. The van der Waals surface area contributed by atoms with Crippen LogP contribution in [0, 0.1) is 0 Å². The molecule has 2 rings (SSSR count). The van der Waals surface area contributed by atoms with Gasteiger partial charge in [-0.3, -0.25) is 4.68 Å². The number of nitrogens with zero attached hydrogens (tertiary/aromatic N) is 2. The monoisotopic (exact) mass is 304 g/mol. The van der Waals surface area contributed by atoms with Crippen LogP contribution in [0.4, 0.5) is 0 Å². The minimum atomic E-state index is 0.333. The smallest absolute Gasteiger partial charge is 0.0635 e. The number of rotatable bonds is 2. The van der Waals surface area contributed by atoms with Gasteiger partial charge in [0.15, 0.2) is 0 Å². The second kappa shape index (κ2) is 5.54. The van der Waals surface area contributed by atoms with Gasteiger partial charge in [0, 0.05) is 17.8 Å². The summed E-state index contributed by atoms with van der Waals surface area (Å²) >= 11 is 9.95. The lowest BCUT2D eigenvalue weighted by molar-refractivity contribution is 0.517. The molecule has 0 aliphatic heterocycles. The predicted molar refractivity (Wildman–Crippen MR) is 71.1 cm³/mol. The van der Waals surface area contributed by atoms with E-state index in [2.05, 4.69) is 32.6 Å². The van der Waals surface area contributed by atoms with Gasteiger partial charge < -0.3 is 0 Å². The predicted octanol–water partition coefficient (Wildman–Crippen LogP) is 4.32. The second-order valence-electron chi connectivity index (χ2n) is 4.51. The van der Waals surface area contributed by atoms with E-state index in [0.29, 0.717) is 11.3 Å². The van der Waals surface area contributed by atoms with Crippen LogP contribution in [0.1, 0.15) is 50.6 Å². The Morgan fingerprint density at radius 1 is 1.50 bits per heavy atom. The summed E-state index contributed by atoms with van der Waals surface area (Å²) < 4.78 is 3.24. The molecule has 2 nitrogen and oxygen atoms in total. The third-order valence-corrected chi connectivity index (χ3v) is 4.39. The van der Waals surface area contributed by atoms with Gasteiger partial charge in [-0.05, 0) is 42.1 Å². The number of hydrogen-bond acceptors (Lipinski definition) is 1. The lowest BCUT2D eigenvalue weighted by atomic mass is 9.96. The highest BCUT2D eigenvalue weighted by molar-refractivity contribution is 9.10. The van der Waals surface area contributed by atoms with E-state index in [1.54, 1.807) is 0 Å². The van der Waals surface area contributed by atoms with Crippen LogP contribution in [-0.2, 0) is 6.54 Å². The van der Waals surface area contributed by atoms with Crippen LogP contribution in [0.3, 0.4) is 0 Å². The Hall–Kier alpha value is -0.0200. The van der Waals surface area contributed by atoms with Crippen LogP contribution in [0.2, 0.25) is 0 Å². The van der Waals surface area contributed by atoms with Crippen molar-refractivity contribution in [2.75, 3.05) is 0 Å². The highest BCUT2D eigenvalue weighted by atomic mass is 79.9. The minimum Gasteiger partial charge on any atom is -0.268 e. The first-order valence-corrected chi connectivity index (χ1v) is 7.30. The molecule has 1 aliphatic rings. The van der Waals surface area contributed by atoms with Crippen molar-refractivity contribution in [2.24, 2.45) is 0 Å². The van der Waals surface area contributed by atoms with Gasteiger partial charge in [0.05, 0.1) is 16.4 Å². The zero-order valence-electron chi connectivity index (χ0n) is 9.63. The average Bonchev–Trinajstić information content (AvgIpc) is 2.50. The maximum absolute atomic E-state index is 6.34. The van der Waals surface area contributed by atoms with E-state index in [0.717, 1.165) is 23.9 Å². The molecule has 0 radical (unpaired) electrons. The Balaban J connectivity index is 2.23. The summed E-state index contributed by atoms with van der Waals surface area (Å²) in [5, 5.41) is 4.72. The quantitative estimate of drug-likeness (QED) is 0.588. The van der Waals surface area contributed by atoms with Crippen molar-refractivity contribution in [3.05, 3.63) is 16.4 Å². The number of halogens is 2. The summed E-state index contributed by atoms with van der Waals surface area (Å²) in [5.41, 5.74) is 1.34. The third kappa shape index (κ3) is 2.62. The van der Waals surface area contributed by atoms with Crippen LogP contribution in [0.15, 0.2) is 10.7 Å². The molecular weight excluding hydrogens is 288 g/mol. The summed E-state index contributed by atoms with van der Waals surface area (Å²) in [6, 6.07) is 0. The van der Waals surface area contributed by atoms with Gasteiger partial charge in [-0.15, -0.1) is 11.6 Å². The molecule has 90 valence electrons. The molecule has 0 saturated heterocycles. The zero-order chi connectivity index (χ0) is 11.5. The van der Waals surface area contributed by atoms with Gasteiger partial charge in [-0.25, -0.2) is 0 Å². The lowest BCUT2D eigenvalue weighted by Gasteiger charge is -2.18. The Labute approximate surface area is 110 Å². The molecule has 1 saturated carbocycles. The molecule has 0 N–H and O–H groups in total. The second-order valence-corrected chi connectivity index (χ2v) is 5.98. The zero-order valence-corrected chi connectivity index (χ0v) is 12.0. The summed E-state index contributed by atoms with van der Waals surface area (Å²) in [7, 11) is 0. The van der Waals surface area contributed by atoms with Crippen molar-refractivity contribution in [3.8, 4) is 0 Å². The van der Waals surface area contributed by atoms with Gasteiger partial charge in [-0.2, -0.15) is 5.10 Å². The van der Waals surface area contributed by atoms with Crippen molar-refractivity contribution in [1.29, 1.82) is 0 Å². The summed E-state index contributed by atoms with van der Waals surface area (Å²) in [5.74, 6) is 0.571. The topological polar surface area (TPSA) is 17.8 Å². The highest BCUT2D eigenvalue weighted by Crippen LogP contribution is 2.37. The lowest BCUT2D eigenvalue weighted by Crippen LogP contribution is -2.11. The first kappa shape index (κ1) is 12.4. The number of aromatic nitrogens is 2. The largest absolute Gasteiger partial charge is 0.268 e. The van der Waals surface area contributed by atoms with Crippen LogP contribution in [0.5, 0.6) is 0 Å². The normalized spacial score (nSPS) is 26.7. The van der Waals surface area contributed by atoms with E-state index >= 15 is 0 Å². The fourth-order valence-electron chi connectivity index (χ4n) is 2.58. The van der Waals surface area contributed by atoms with Crippen molar-refractivity contribution in [2.45, 2.75) is 56.9 Å². The molecule has 16 heavy (non-hydrogen) atoms. The minimum absolute atomic E-state index is 0.333. The Kier molecular flexibility index (Phi) is 4.31. The Morgan fingerprint density at radius 2 is 2.25 bits per heavy atom. The van der Waals surface area contributed by atoms with Crippen molar-refractivity contribution < 1.29 is 0 Å². The molecule has 1 fully saturated rings. The average molecular weight is 306 g/mol. The fourth-order valence-corrected chi connectivity index (χ4v) is 3.57. The van der Waals surface area contributed by atoms with E-state index < -0.39 is 0 Å². The molecule has 2 atom stereocenters. The highest BCUT2D eigenvalue weighted by Gasteiger charge is 2.24. The molecular formula is C12H18BrClN2. The summed E-state index contributed by atoms with van der Waals surface area (Å²) in [4.78, 5) is 0. The molecule has 2 unspecified atom stereocenters. The van der Waals surface area contributed by atoms with Crippen LogP contribution >= 0.6 is 27.5 Å². The Morgan fingerprint density at radius 3 is 3.00 bits per heavy atom. The number of hydrogen-bond donors (Lipinski definition) is 0. The van der Waals surface area contributed by atoms with Crippen molar-refractivity contribution in [1.82, 2.24) is 9.78 Å². The molecule has 0 amide bonds. The molecule has 1 aromatic rings. The Bertz CT molecular complexity index is 351. The molecule has 1 heterocycles. The van der Waals surface area contributed by atoms with E-state index in [9.17, 15) is 0 Å². The summed E-state index contributed by atoms with van der Waals surface area (Å²) in [6.07, 6.45) is 7.96. The van der Waals surface area contributed by atoms with Gasteiger partial charge in [0.2, 0.25) is 0 Å². The maximum atomic E-state index is 6.34. The van der Waals surface area contributed by atoms with Gasteiger partial charge in [0.1, 0.15) is 0 Å². The van der Waals surface area contributed by atoms with Gasteiger partial charge >= 0.3 is 0 Å². The molecule has 1 aliphatic carbocycles. The molecule has 4 heteroatoms. The number of alkyl halides is 1. The number of aryl methyl sites for hydroxylation is 1. The molecule has 0 aromatic carbocycles. The fraction of sp³-hybridized carbons (Fsp3) is 0.750. The first-order chi connectivity index (χ1) is 7.72. The first-order valence-electron chi connectivity index (χ1n) is 6.07. The van der Waals surface area contributed by atoms with Gasteiger partial charge in [-0.1, -0.05) is 12.8 Å². The third-order valence-electron chi connectivity index (χ3n) is 3.38. The van der Waals surface area contributed by atoms with Crippen LogP contribution in [-0.4, -0.2) is 15.2 Å². The van der Waals surface area contributed by atoms with Crippen LogP contribution < -0.4 is 0 Å². The van der Waals surface area contributed by atoms with E-state index in [-0.39, 0.29) is 0 Å². The van der Waals surface area contributed by atoms with Gasteiger partial charge in [0.25, 0.3) is 0 Å². The molecule has 0 bridgehead atoms. The van der Waals surface area contributed by atoms with E-state index in [1.807, 2.05) is 6.20 Å². The molecule has 0 spiro atoms. The SMILES string of the molecule is CCn1ncc(Br)c1C1CCCCC(Cl)C1.